The molecule has 0 radical (unpaired) electrons. The van der Waals surface area contributed by atoms with E-state index in [9.17, 15) is 10.1 Å². The topological polar surface area (TPSA) is 55.6 Å². The molecule has 0 saturated carbocycles. The van der Waals surface area contributed by atoms with Gasteiger partial charge in [0.15, 0.2) is 0 Å². The minimum absolute atomic E-state index is 0.144. The Labute approximate surface area is 100 Å². The van der Waals surface area contributed by atoms with Gasteiger partial charge in [0.2, 0.25) is 0 Å². The molecule has 0 spiro atoms. The van der Waals surface area contributed by atoms with E-state index in [4.69, 9.17) is 4.74 Å². The third-order valence-corrected chi connectivity index (χ3v) is 3.11. The largest absolute Gasteiger partial charge is 0.383 e. The molecular weight excluding hydrogens is 220 g/mol. The van der Waals surface area contributed by atoms with Gasteiger partial charge < -0.3 is 9.64 Å². The van der Waals surface area contributed by atoms with Gasteiger partial charge in [-0.05, 0) is 18.9 Å². The van der Waals surface area contributed by atoms with Crippen molar-refractivity contribution in [3.63, 3.8) is 0 Å². The van der Waals surface area contributed by atoms with E-state index in [1.807, 2.05) is 6.07 Å². The number of anilines is 1. The van der Waals surface area contributed by atoms with E-state index < -0.39 is 0 Å². The predicted molar refractivity (Wildman–Crippen MR) is 65.3 cm³/mol. The number of nitrogens with zero attached hydrogens (tertiary/aromatic N) is 2. The maximum Gasteiger partial charge on any atom is 0.271 e. The number of hydrogen-bond donors (Lipinski definition) is 0. The molecule has 1 fully saturated rings. The van der Waals surface area contributed by atoms with Crippen LogP contribution in [-0.2, 0) is 4.74 Å². The van der Waals surface area contributed by atoms with Gasteiger partial charge in [-0.1, -0.05) is 6.07 Å². The molecule has 2 rings (SSSR count). The number of rotatable bonds is 4. The molecule has 1 aliphatic heterocycles. The van der Waals surface area contributed by atoms with Crippen LogP contribution in [0.5, 0.6) is 0 Å². The van der Waals surface area contributed by atoms with Crippen LogP contribution in [0.4, 0.5) is 11.4 Å². The fraction of sp³-hybridized carbons (Fsp3) is 0.500. The van der Waals surface area contributed by atoms with E-state index in [0.29, 0.717) is 12.6 Å². The number of ether oxygens (including phenoxy) is 1. The highest BCUT2D eigenvalue weighted by atomic mass is 16.6. The Balaban J connectivity index is 2.21. The third-order valence-electron chi connectivity index (χ3n) is 3.11. The van der Waals surface area contributed by atoms with Crippen molar-refractivity contribution in [3.8, 4) is 0 Å². The fourth-order valence-electron chi connectivity index (χ4n) is 2.33. The second-order valence-electron chi connectivity index (χ2n) is 4.22. The Morgan fingerprint density at radius 3 is 3.12 bits per heavy atom. The van der Waals surface area contributed by atoms with Crippen molar-refractivity contribution in [1.82, 2.24) is 0 Å². The van der Waals surface area contributed by atoms with Crippen LogP contribution in [0.1, 0.15) is 12.8 Å². The van der Waals surface area contributed by atoms with E-state index in [-0.39, 0.29) is 10.6 Å². The van der Waals surface area contributed by atoms with Gasteiger partial charge in [0, 0.05) is 31.5 Å². The summed E-state index contributed by atoms with van der Waals surface area (Å²) in [6.45, 7) is 1.61. The number of benzene rings is 1. The van der Waals surface area contributed by atoms with Crippen LogP contribution >= 0.6 is 0 Å². The summed E-state index contributed by atoms with van der Waals surface area (Å²) in [7, 11) is 1.68. The number of hydrogen-bond acceptors (Lipinski definition) is 4. The van der Waals surface area contributed by atoms with Crippen molar-refractivity contribution in [2.24, 2.45) is 0 Å². The summed E-state index contributed by atoms with van der Waals surface area (Å²) in [5, 5.41) is 10.7. The molecule has 1 saturated heterocycles. The number of nitro groups is 1. The van der Waals surface area contributed by atoms with Crippen LogP contribution in [0.3, 0.4) is 0 Å². The van der Waals surface area contributed by atoms with Crippen molar-refractivity contribution in [2.45, 2.75) is 18.9 Å². The second-order valence-corrected chi connectivity index (χ2v) is 4.22. The molecule has 1 unspecified atom stereocenters. The van der Waals surface area contributed by atoms with Gasteiger partial charge >= 0.3 is 0 Å². The standard InChI is InChI=1S/C12H16N2O3/c1-17-9-12-6-3-7-13(12)10-4-2-5-11(8-10)14(15)16/h2,4-5,8,12H,3,6-7,9H2,1H3. The minimum atomic E-state index is -0.356. The molecule has 0 amide bonds. The first-order chi connectivity index (χ1) is 8.22. The van der Waals surface area contributed by atoms with Crippen LogP contribution in [0.15, 0.2) is 24.3 Å². The summed E-state index contributed by atoms with van der Waals surface area (Å²) in [6, 6.07) is 7.14. The molecule has 1 aliphatic rings. The van der Waals surface area contributed by atoms with Gasteiger partial charge in [0.1, 0.15) is 0 Å². The number of nitro benzene ring substituents is 1. The maximum atomic E-state index is 10.7. The molecule has 1 aromatic carbocycles. The molecule has 1 aromatic rings. The molecule has 0 aromatic heterocycles. The van der Waals surface area contributed by atoms with Crippen molar-refractivity contribution in [3.05, 3.63) is 34.4 Å². The van der Waals surface area contributed by atoms with E-state index in [1.165, 1.54) is 6.07 Å². The Bertz CT molecular complexity index is 408. The smallest absolute Gasteiger partial charge is 0.271 e. The van der Waals surface area contributed by atoms with Crippen LogP contribution in [0, 0.1) is 10.1 Å². The molecule has 1 heterocycles. The Morgan fingerprint density at radius 2 is 2.41 bits per heavy atom. The number of non-ortho nitro benzene ring substituents is 1. The minimum Gasteiger partial charge on any atom is -0.383 e. The SMILES string of the molecule is COCC1CCCN1c1cccc([N+](=O)[O-])c1. The van der Waals surface area contributed by atoms with Gasteiger partial charge in [0.25, 0.3) is 5.69 Å². The lowest BCUT2D eigenvalue weighted by Crippen LogP contribution is -2.32. The van der Waals surface area contributed by atoms with Gasteiger partial charge in [-0.3, -0.25) is 10.1 Å². The van der Waals surface area contributed by atoms with Gasteiger partial charge in [-0.15, -0.1) is 0 Å². The highest BCUT2D eigenvalue weighted by Gasteiger charge is 2.25. The fourth-order valence-corrected chi connectivity index (χ4v) is 2.33. The van der Waals surface area contributed by atoms with Gasteiger partial charge in [-0.2, -0.15) is 0 Å². The predicted octanol–water partition coefficient (Wildman–Crippen LogP) is 2.21. The van der Waals surface area contributed by atoms with Crippen LogP contribution < -0.4 is 4.90 Å². The van der Waals surface area contributed by atoms with E-state index in [2.05, 4.69) is 4.90 Å². The quantitative estimate of drug-likeness (QED) is 0.594. The lowest BCUT2D eigenvalue weighted by molar-refractivity contribution is -0.384. The van der Waals surface area contributed by atoms with Crippen molar-refractivity contribution in [2.75, 3.05) is 25.2 Å². The monoisotopic (exact) mass is 236 g/mol. The van der Waals surface area contributed by atoms with Crippen LogP contribution in [0.25, 0.3) is 0 Å². The first-order valence-electron chi connectivity index (χ1n) is 5.72. The van der Waals surface area contributed by atoms with Crippen LogP contribution in [-0.4, -0.2) is 31.2 Å². The lowest BCUT2D eigenvalue weighted by atomic mass is 10.2. The van der Waals surface area contributed by atoms with Crippen molar-refractivity contribution >= 4 is 11.4 Å². The average molecular weight is 236 g/mol. The molecule has 92 valence electrons. The van der Waals surface area contributed by atoms with Gasteiger partial charge in [0.05, 0.1) is 17.6 Å². The summed E-state index contributed by atoms with van der Waals surface area (Å²) in [5.74, 6) is 0. The summed E-state index contributed by atoms with van der Waals surface area (Å²) in [6.07, 6.45) is 2.19. The van der Waals surface area contributed by atoms with E-state index in [0.717, 1.165) is 25.1 Å². The first-order valence-corrected chi connectivity index (χ1v) is 5.72. The molecule has 5 heteroatoms. The Hall–Kier alpha value is -1.62. The Kier molecular flexibility index (Phi) is 3.58. The molecule has 0 N–H and O–H groups in total. The highest BCUT2D eigenvalue weighted by Crippen LogP contribution is 2.28. The summed E-state index contributed by atoms with van der Waals surface area (Å²) in [4.78, 5) is 12.6. The average Bonchev–Trinajstić information content (AvgIpc) is 2.78. The number of methoxy groups -OCH3 is 1. The van der Waals surface area contributed by atoms with E-state index in [1.54, 1.807) is 19.2 Å². The molecule has 0 bridgehead atoms. The molecule has 17 heavy (non-hydrogen) atoms. The Morgan fingerprint density at radius 1 is 1.59 bits per heavy atom. The lowest BCUT2D eigenvalue weighted by Gasteiger charge is -2.25. The third kappa shape index (κ3) is 2.55. The zero-order valence-corrected chi connectivity index (χ0v) is 9.83. The second kappa shape index (κ2) is 5.14. The first kappa shape index (κ1) is 11.9. The van der Waals surface area contributed by atoms with Crippen molar-refractivity contribution in [1.29, 1.82) is 0 Å². The summed E-state index contributed by atoms with van der Waals surface area (Å²) < 4.78 is 5.18. The molecular formula is C12H16N2O3. The zero-order valence-electron chi connectivity index (χ0n) is 9.83. The molecule has 5 nitrogen and oxygen atoms in total. The van der Waals surface area contributed by atoms with Crippen LogP contribution in [0.2, 0.25) is 0 Å². The molecule has 1 atom stereocenters. The molecule has 0 aliphatic carbocycles. The highest BCUT2D eigenvalue weighted by molar-refractivity contribution is 5.54. The summed E-state index contributed by atoms with van der Waals surface area (Å²) in [5.41, 5.74) is 1.06. The van der Waals surface area contributed by atoms with Crippen molar-refractivity contribution < 1.29 is 9.66 Å². The van der Waals surface area contributed by atoms with E-state index >= 15 is 0 Å². The normalized spacial score (nSPS) is 19.6. The summed E-state index contributed by atoms with van der Waals surface area (Å²) >= 11 is 0. The maximum absolute atomic E-state index is 10.7. The zero-order chi connectivity index (χ0) is 12.3. The van der Waals surface area contributed by atoms with Gasteiger partial charge in [-0.25, -0.2) is 0 Å².